The quantitative estimate of drug-likeness (QED) is 0.736. The van der Waals surface area contributed by atoms with Crippen LogP contribution in [0.25, 0.3) is 11.0 Å². The minimum absolute atomic E-state index is 0.0193. The fourth-order valence-electron chi connectivity index (χ4n) is 2.56. The fraction of sp³-hybridized carbons (Fsp3) is 0.211. The Balaban J connectivity index is 1.78. The molecule has 4 nitrogen and oxygen atoms in total. The van der Waals surface area contributed by atoms with E-state index >= 15 is 0 Å². The van der Waals surface area contributed by atoms with E-state index in [4.69, 9.17) is 4.42 Å². The van der Waals surface area contributed by atoms with Gasteiger partial charge in [0.1, 0.15) is 11.3 Å². The van der Waals surface area contributed by atoms with E-state index < -0.39 is 0 Å². The molecule has 0 N–H and O–H groups in total. The first-order chi connectivity index (χ1) is 11.0. The highest BCUT2D eigenvalue weighted by Crippen LogP contribution is 2.21. The second-order valence-electron chi connectivity index (χ2n) is 5.86. The highest BCUT2D eigenvalue weighted by molar-refractivity contribution is 5.95. The number of nitrogens with zero attached hydrogens (tertiary/aromatic N) is 2. The molecule has 0 aliphatic heterocycles. The summed E-state index contributed by atoms with van der Waals surface area (Å²) in [5, 5.41) is 1.05. The van der Waals surface area contributed by atoms with E-state index in [2.05, 4.69) is 0 Å². The predicted octanol–water partition coefficient (Wildman–Crippen LogP) is 3.77. The molecule has 0 unspecified atom stereocenters. The molecule has 1 aromatic heterocycles. The molecule has 0 saturated heterocycles. The van der Waals surface area contributed by atoms with Crippen molar-refractivity contribution in [2.24, 2.45) is 0 Å². The molecule has 0 aliphatic rings. The molecule has 23 heavy (non-hydrogen) atoms. The molecule has 0 radical (unpaired) electrons. The topological polar surface area (TPSA) is 36.7 Å². The molecule has 0 fully saturated rings. The lowest BCUT2D eigenvalue weighted by Gasteiger charge is -2.18. The number of fused-ring (bicyclic) bond motifs is 1. The van der Waals surface area contributed by atoms with Crippen LogP contribution in [-0.4, -0.2) is 32.0 Å². The molecule has 0 atom stereocenters. The van der Waals surface area contributed by atoms with E-state index in [0.717, 1.165) is 22.4 Å². The number of hydrogen-bond acceptors (Lipinski definition) is 3. The van der Waals surface area contributed by atoms with E-state index in [9.17, 15) is 4.79 Å². The van der Waals surface area contributed by atoms with Gasteiger partial charge in [0, 0.05) is 37.8 Å². The number of rotatable bonds is 4. The lowest BCUT2D eigenvalue weighted by atomic mass is 10.1. The average Bonchev–Trinajstić information content (AvgIpc) is 2.96. The Morgan fingerprint density at radius 3 is 2.52 bits per heavy atom. The van der Waals surface area contributed by atoms with Crippen LogP contribution in [0, 0.1) is 0 Å². The normalized spacial score (nSPS) is 10.7. The van der Waals surface area contributed by atoms with Gasteiger partial charge in [-0.1, -0.05) is 24.3 Å². The molecule has 0 aliphatic carbocycles. The van der Waals surface area contributed by atoms with Gasteiger partial charge in [0.2, 0.25) is 0 Å². The van der Waals surface area contributed by atoms with Gasteiger partial charge in [-0.25, -0.2) is 0 Å². The summed E-state index contributed by atoms with van der Waals surface area (Å²) in [6.45, 7) is 0.444. The number of carbonyl (C=O) groups excluding carboxylic acids is 1. The third-order valence-corrected chi connectivity index (χ3v) is 3.83. The first-order valence-electron chi connectivity index (χ1n) is 7.55. The number of carbonyl (C=O) groups is 1. The Morgan fingerprint density at radius 1 is 1.00 bits per heavy atom. The van der Waals surface area contributed by atoms with Crippen molar-refractivity contribution in [2.45, 2.75) is 6.54 Å². The summed E-state index contributed by atoms with van der Waals surface area (Å²) in [4.78, 5) is 16.3. The lowest BCUT2D eigenvalue weighted by Crippen LogP contribution is -2.26. The minimum Gasteiger partial charge on any atom is -0.459 e. The van der Waals surface area contributed by atoms with Gasteiger partial charge in [0.15, 0.2) is 0 Å². The van der Waals surface area contributed by atoms with Gasteiger partial charge in [-0.05, 0) is 30.3 Å². The van der Waals surface area contributed by atoms with E-state index in [-0.39, 0.29) is 5.91 Å². The highest BCUT2D eigenvalue weighted by atomic mass is 16.3. The third kappa shape index (κ3) is 3.21. The number of hydrogen-bond donors (Lipinski definition) is 0. The molecule has 0 spiro atoms. The zero-order valence-electron chi connectivity index (χ0n) is 13.6. The Hall–Kier alpha value is -2.75. The Bertz CT molecular complexity index is 803. The van der Waals surface area contributed by atoms with Crippen molar-refractivity contribution in [3.63, 3.8) is 0 Å². The van der Waals surface area contributed by atoms with Crippen LogP contribution in [0.3, 0.4) is 0 Å². The molecule has 118 valence electrons. The molecule has 0 bridgehead atoms. The van der Waals surface area contributed by atoms with Gasteiger partial charge in [-0.3, -0.25) is 4.79 Å². The average molecular weight is 308 g/mol. The first-order valence-corrected chi connectivity index (χ1v) is 7.55. The van der Waals surface area contributed by atoms with Gasteiger partial charge < -0.3 is 14.2 Å². The maximum absolute atomic E-state index is 12.6. The van der Waals surface area contributed by atoms with Crippen LogP contribution in [0.4, 0.5) is 5.69 Å². The first kappa shape index (κ1) is 15.2. The molecule has 1 amide bonds. The summed E-state index contributed by atoms with van der Waals surface area (Å²) in [5.74, 6) is 0.764. The molecular formula is C19H20N2O2. The zero-order valence-corrected chi connectivity index (χ0v) is 13.6. The third-order valence-electron chi connectivity index (χ3n) is 3.83. The highest BCUT2D eigenvalue weighted by Gasteiger charge is 2.15. The SMILES string of the molecule is CN(Cc1cc2ccccc2o1)C(=O)c1cccc(N(C)C)c1. The van der Waals surface area contributed by atoms with Crippen LogP contribution in [0.5, 0.6) is 0 Å². The second-order valence-corrected chi connectivity index (χ2v) is 5.86. The monoisotopic (exact) mass is 308 g/mol. The van der Waals surface area contributed by atoms with Crippen LogP contribution in [0.2, 0.25) is 0 Å². The number of furan rings is 1. The summed E-state index contributed by atoms with van der Waals surface area (Å²) in [6, 6.07) is 17.5. The van der Waals surface area contributed by atoms with Gasteiger partial charge >= 0.3 is 0 Å². The van der Waals surface area contributed by atoms with E-state index in [1.54, 1.807) is 11.9 Å². The molecule has 3 aromatic rings. The largest absolute Gasteiger partial charge is 0.459 e. The summed E-state index contributed by atoms with van der Waals surface area (Å²) in [5.41, 5.74) is 2.53. The van der Waals surface area contributed by atoms with Crippen LogP contribution in [0.15, 0.2) is 59.0 Å². The van der Waals surface area contributed by atoms with Crippen molar-refractivity contribution in [2.75, 3.05) is 26.0 Å². The van der Waals surface area contributed by atoms with Gasteiger partial charge in [-0.15, -0.1) is 0 Å². The maximum atomic E-state index is 12.6. The van der Waals surface area contributed by atoms with Gasteiger partial charge in [0.25, 0.3) is 5.91 Å². The van der Waals surface area contributed by atoms with E-state index in [1.807, 2.05) is 73.6 Å². The Labute approximate surface area is 135 Å². The van der Waals surface area contributed by atoms with Crippen molar-refractivity contribution in [1.29, 1.82) is 0 Å². The number of para-hydroxylation sites is 1. The van der Waals surface area contributed by atoms with E-state index in [1.165, 1.54) is 0 Å². The number of anilines is 1. The molecule has 0 saturated carbocycles. The van der Waals surface area contributed by atoms with Crippen LogP contribution in [0.1, 0.15) is 16.1 Å². The smallest absolute Gasteiger partial charge is 0.254 e. The van der Waals surface area contributed by atoms with Gasteiger partial charge in [0.05, 0.1) is 6.54 Å². The summed E-state index contributed by atoms with van der Waals surface area (Å²) >= 11 is 0. The van der Waals surface area contributed by atoms with Crippen LogP contribution >= 0.6 is 0 Å². The number of benzene rings is 2. The Morgan fingerprint density at radius 2 is 1.78 bits per heavy atom. The predicted molar refractivity (Wildman–Crippen MR) is 92.8 cm³/mol. The molecular weight excluding hydrogens is 288 g/mol. The second kappa shape index (κ2) is 6.16. The maximum Gasteiger partial charge on any atom is 0.254 e. The minimum atomic E-state index is -0.0193. The van der Waals surface area contributed by atoms with Crippen molar-refractivity contribution >= 4 is 22.6 Å². The summed E-state index contributed by atoms with van der Waals surface area (Å²) in [7, 11) is 5.71. The lowest BCUT2D eigenvalue weighted by molar-refractivity contribution is 0.0776. The number of amides is 1. The van der Waals surface area contributed by atoms with E-state index in [0.29, 0.717) is 12.1 Å². The van der Waals surface area contributed by atoms with Crippen molar-refractivity contribution in [3.05, 3.63) is 65.9 Å². The van der Waals surface area contributed by atoms with Crippen LogP contribution in [-0.2, 0) is 6.54 Å². The summed E-state index contributed by atoms with van der Waals surface area (Å²) in [6.07, 6.45) is 0. The van der Waals surface area contributed by atoms with Crippen molar-refractivity contribution in [1.82, 2.24) is 4.90 Å². The van der Waals surface area contributed by atoms with Crippen molar-refractivity contribution < 1.29 is 9.21 Å². The molecule has 2 aromatic carbocycles. The standard InChI is InChI=1S/C19H20N2O2/c1-20(2)16-9-6-8-15(11-16)19(22)21(3)13-17-12-14-7-4-5-10-18(14)23-17/h4-12H,13H2,1-3H3. The zero-order chi connectivity index (χ0) is 16.4. The molecule has 4 heteroatoms. The van der Waals surface area contributed by atoms with Crippen molar-refractivity contribution in [3.8, 4) is 0 Å². The summed E-state index contributed by atoms with van der Waals surface area (Å²) < 4.78 is 5.78. The molecule has 1 heterocycles. The van der Waals surface area contributed by atoms with Crippen LogP contribution < -0.4 is 4.90 Å². The molecule has 3 rings (SSSR count). The fourth-order valence-corrected chi connectivity index (χ4v) is 2.56. The Kier molecular flexibility index (Phi) is 4.06. The van der Waals surface area contributed by atoms with Gasteiger partial charge in [-0.2, -0.15) is 0 Å².